The van der Waals surface area contributed by atoms with E-state index in [2.05, 4.69) is 5.10 Å². The summed E-state index contributed by atoms with van der Waals surface area (Å²) in [4.78, 5) is 36.0. The zero-order chi connectivity index (χ0) is 19.3. The first-order valence-corrected chi connectivity index (χ1v) is 9.03. The normalized spacial score (nSPS) is 29.6. The van der Waals surface area contributed by atoms with Crippen LogP contribution in [0.15, 0.2) is 35.5 Å². The highest BCUT2D eigenvalue weighted by atomic mass is 35.5. The number of hydrogen-bond donors (Lipinski definition) is 1. The molecule has 27 heavy (non-hydrogen) atoms. The predicted octanol–water partition coefficient (Wildman–Crippen LogP) is 2.33. The maximum Gasteiger partial charge on any atom is 0.344 e. The molecule has 1 aromatic carbocycles. The molecule has 1 heterocycles. The number of halogens is 1. The number of imide groups is 1. The Kier molecular flexibility index (Phi) is 4.26. The fraction of sp³-hybridized carbons (Fsp3) is 0.368. The summed E-state index contributed by atoms with van der Waals surface area (Å²) in [5, 5.41) is 14.2. The Labute approximate surface area is 160 Å². The summed E-state index contributed by atoms with van der Waals surface area (Å²) in [5.41, 5.74) is 0.564. The predicted molar refractivity (Wildman–Crippen MR) is 96.3 cm³/mol. The monoisotopic (exact) mass is 388 g/mol. The molecule has 8 heteroatoms. The van der Waals surface area contributed by atoms with Crippen LogP contribution >= 0.6 is 11.6 Å². The zero-order valence-electron chi connectivity index (χ0n) is 14.4. The molecule has 5 atom stereocenters. The Morgan fingerprint density at radius 1 is 1.30 bits per heavy atom. The molecule has 2 aliphatic carbocycles. The number of carbonyl (C=O) groups is 3. The van der Waals surface area contributed by atoms with Crippen molar-refractivity contribution in [3.8, 4) is 5.75 Å². The minimum absolute atomic E-state index is 0.138. The molecule has 0 unspecified atom stereocenters. The summed E-state index contributed by atoms with van der Waals surface area (Å²) in [6.07, 6.45) is 5.28. The second-order valence-electron chi connectivity index (χ2n) is 7.02. The number of carboxylic acid groups (broad SMARTS) is 1. The highest BCUT2D eigenvalue weighted by Crippen LogP contribution is 2.52. The van der Waals surface area contributed by atoms with Crippen LogP contribution in [0.25, 0.3) is 0 Å². The SMILES string of the molecule is C[C@H](Oc1ccc(C=NN2C(=O)[C@@H]3[C@H](C2=O)[C@H]2C=C[C@H]3C2)cc1Cl)C(=O)O. The summed E-state index contributed by atoms with van der Waals surface area (Å²) < 4.78 is 5.25. The Morgan fingerprint density at radius 2 is 1.93 bits per heavy atom. The van der Waals surface area contributed by atoms with Gasteiger partial charge in [0.15, 0.2) is 6.10 Å². The van der Waals surface area contributed by atoms with Crippen LogP contribution in [0.3, 0.4) is 0 Å². The van der Waals surface area contributed by atoms with Gasteiger partial charge in [-0.25, -0.2) is 4.79 Å². The lowest BCUT2D eigenvalue weighted by Gasteiger charge is -2.13. The average molecular weight is 389 g/mol. The number of carboxylic acids is 1. The van der Waals surface area contributed by atoms with Crippen molar-refractivity contribution in [2.75, 3.05) is 0 Å². The summed E-state index contributed by atoms with van der Waals surface area (Å²) in [7, 11) is 0. The average Bonchev–Trinajstić information content (AvgIpc) is 3.30. The van der Waals surface area contributed by atoms with E-state index >= 15 is 0 Å². The second-order valence-corrected chi connectivity index (χ2v) is 7.43. The van der Waals surface area contributed by atoms with Gasteiger partial charge in [-0.2, -0.15) is 10.1 Å². The van der Waals surface area contributed by atoms with Crippen LogP contribution in [-0.4, -0.2) is 40.2 Å². The van der Waals surface area contributed by atoms with Gasteiger partial charge in [-0.1, -0.05) is 23.8 Å². The van der Waals surface area contributed by atoms with Gasteiger partial charge in [0.2, 0.25) is 0 Å². The summed E-state index contributed by atoms with van der Waals surface area (Å²) in [5.74, 6) is -1.68. The molecule has 1 saturated heterocycles. The lowest BCUT2D eigenvalue weighted by atomic mass is 9.85. The minimum Gasteiger partial charge on any atom is -0.479 e. The zero-order valence-corrected chi connectivity index (χ0v) is 15.2. The molecule has 0 spiro atoms. The highest BCUT2D eigenvalue weighted by Gasteiger charge is 2.59. The fourth-order valence-electron chi connectivity index (χ4n) is 4.06. The summed E-state index contributed by atoms with van der Waals surface area (Å²) in [6, 6.07) is 4.68. The van der Waals surface area contributed by atoms with E-state index in [-0.39, 0.29) is 46.3 Å². The molecule has 3 aliphatic rings. The molecule has 0 aromatic heterocycles. The van der Waals surface area contributed by atoms with Crippen LogP contribution in [0.2, 0.25) is 5.02 Å². The fourth-order valence-corrected chi connectivity index (χ4v) is 4.29. The summed E-state index contributed by atoms with van der Waals surface area (Å²) in [6.45, 7) is 1.40. The van der Waals surface area contributed by atoms with Crippen LogP contribution in [0.5, 0.6) is 5.75 Å². The van der Waals surface area contributed by atoms with Gasteiger partial charge < -0.3 is 9.84 Å². The molecule has 2 bridgehead atoms. The van der Waals surface area contributed by atoms with Crippen molar-refractivity contribution in [3.05, 3.63) is 40.9 Å². The number of allylic oxidation sites excluding steroid dienone is 2. The number of carbonyl (C=O) groups excluding carboxylic acids is 2. The standard InChI is InChI=1S/C19H17ClN2O5/c1-9(19(25)26)27-14-5-2-10(6-13(14)20)8-21-22-17(23)15-11-3-4-12(7-11)16(15)18(22)24/h2-6,8-9,11-12,15-16H,7H2,1H3,(H,25,26)/t9-,11-,12-,15-,16+/m0/s1. The van der Waals surface area contributed by atoms with Crippen LogP contribution in [0, 0.1) is 23.7 Å². The van der Waals surface area contributed by atoms with Gasteiger partial charge in [0.1, 0.15) is 5.75 Å². The van der Waals surface area contributed by atoms with E-state index in [1.807, 2.05) is 12.2 Å². The first-order chi connectivity index (χ1) is 12.9. The van der Waals surface area contributed by atoms with E-state index in [1.54, 1.807) is 6.07 Å². The van der Waals surface area contributed by atoms with Gasteiger partial charge in [0.05, 0.1) is 23.1 Å². The van der Waals surface area contributed by atoms with Crippen LogP contribution < -0.4 is 4.74 Å². The topological polar surface area (TPSA) is 96.3 Å². The quantitative estimate of drug-likeness (QED) is 0.474. The number of benzene rings is 1. The molecule has 0 radical (unpaired) electrons. The molecule has 1 aromatic rings. The van der Waals surface area contributed by atoms with Gasteiger partial charge in [0.25, 0.3) is 11.8 Å². The van der Waals surface area contributed by atoms with Crippen LogP contribution in [-0.2, 0) is 14.4 Å². The van der Waals surface area contributed by atoms with E-state index in [9.17, 15) is 14.4 Å². The van der Waals surface area contributed by atoms with Crippen molar-refractivity contribution in [2.45, 2.75) is 19.4 Å². The Morgan fingerprint density at radius 3 is 2.48 bits per heavy atom. The van der Waals surface area contributed by atoms with E-state index in [0.29, 0.717) is 5.56 Å². The maximum absolute atomic E-state index is 12.6. The molecular formula is C19H17ClN2O5. The molecule has 1 saturated carbocycles. The van der Waals surface area contributed by atoms with Gasteiger partial charge in [-0.15, -0.1) is 0 Å². The Balaban J connectivity index is 1.49. The first kappa shape index (κ1) is 17.7. The molecule has 2 amide bonds. The minimum atomic E-state index is -1.10. The maximum atomic E-state index is 12.6. The van der Waals surface area contributed by atoms with E-state index in [0.717, 1.165) is 11.4 Å². The van der Waals surface area contributed by atoms with Crippen LogP contribution in [0.4, 0.5) is 0 Å². The third kappa shape index (κ3) is 2.92. The first-order valence-electron chi connectivity index (χ1n) is 8.66. The number of hydrazone groups is 1. The lowest BCUT2D eigenvalue weighted by molar-refractivity contribution is -0.144. The van der Waals surface area contributed by atoms with Crippen LogP contribution in [0.1, 0.15) is 18.9 Å². The third-order valence-electron chi connectivity index (χ3n) is 5.38. The van der Waals surface area contributed by atoms with Crippen molar-refractivity contribution in [1.29, 1.82) is 0 Å². The molecule has 1 aliphatic heterocycles. The highest BCUT2D eigenvalue weighted by molar-refractivity contribution is 6.32. The smallest absolute Gasteiger partial charge is 0.344 e. The third-order valence-corrected chi connectivity index (χ3v) is 5.67. The van der Waals surface area contributed by atoms with Crippen molar-refractivity contribution in [3.63, 3.8) is 0 Å². The second kappa shape index (κ2) is 6.49. The van der Waals surface area contributed by atoms with Crippen molar-refractivity contribution in [1.82, 2.24) is 5.01 Å². The largest absolute Gasteiger partial charge is 0.479 e. The van der Waals surface area contributed by atoms with E-state index in [1.165, 1.54) is 25.3 Å². The van der Waals surface area contributed by atoms with Gasteiger partial charge >= 0.3 is 5.97 Å². The molecule has 4 rings (SSSR count). The molecular weight excluding hydrogens is 372 g/mol. The number of nitrogens with zero attached hydrogens (tertiary/aromatic N) is 2. The number of hydrogen-bond acceptors (Lipinski definition) is 5. The van der Waals surface area contributed by atoms with E-state index in [4.69, 9.17) is 21.4 Å². The molecule has 2 fully saturated rings. The number of ether oxygens (including phenoxy) is 1. The number of fused-ring (bicyclic) bond motifs is 5. The number of aliphatic carboxylic acids is 1. The van der Waals surface area contributed by atoms with Gasteiger partial charge in [-0.05, 0) is 48.9 Å². The molecule has 7 nitrogen and oxygen atoms in total. The van der Waals surface area contributed by atoms with Gasteiger partial charge in [0, 0.05) is 0 Å². The summed E-state index contributed by atoms with van der Waals surface area (Å²) >= 11 is 6.12. The van der Waals surface area contributed by atoms with Crippen molar-refractivity contribution < 1.29 is 24.2 Å². The molecule has 140 valence electrons. The number of amides is 2. The van der Waals surface area contributed by atoms with Gasteiger partial charge in [-0.3, -0.25) is 9.59 Å². The number of rotatable bonds is 5. The molecule has 1 N–H and O–H groups in total. The van der Waals surface area contributed by atoms with E-state index < -0.39 is 12.1 Å². The van der Waals surface area contributed by atoms with Crippen molar-refractivity contribution >= 4 is 35.6 Å². The lowest BCUT2D eigenvalue weighted by Crippen LogP contribution is -2.28. The Hall–Kier alpha value is -2.67. The Bertz CT molecular complexity index is 866. The van der Waals surface area contributed by atoms with Crippen molar-refractivity contribution in [2.24, 2.45) is 28.8 Å².